The summed E-state index contributed by atoms with van der Waals surface area (Å²) in [4.78, 5) is 10.1. The molecule has 0 unspecified atom stereocenters. The zero-order valence-corrected chi connectivity index (χ0v) is 5.36. The third-order valence-electron chi connectivity index (χ3n) is 0.437. The fraction of sp³-hybridized carbons (Fsp3) is 0.600. The van der Waals surface area contributed by atoms with E-state index in [9.17, 15) is 4.79 Å². The first kappa shape index (κ1) is 7.14. The second kappa shape index (κ2) is 3.18. The van der Waals surface area contributed by atoms with Crippen LogP contribution in [0.1, 0.15) is 20.8 Å². The van der Waals surface area contributed by atoms with Crippen molar-refractivity contribution in [1.82, 2.24) is 5.43 Å². The van der Waals surface area contributed by atoms with Gasteiger partial charge in [0.1, 0.15) is 0 Å². The first-order valence-corrected chi connectivity index (χ1v) is 2.40. The molecule has 0 bridgehead atoms. The molecule has 0 fully saturated rings. The first-order valence-electron chi connectivity index (χ1n) is 2.40. The van der Waals surface area contributed by atoms with E-state index in [0.29, 0.717) is 0 Å². The zero-order chi connectivity index (χ0) is 6.57. The Labute approximate surface area is 48.8 Å². The van der Waals surface area contributed by atoms with Gasteiger partial charge in [-0.25, -0.2) is 5.43 Å². The van der Waals surface area contributed by atoms with Crippen LogP contribution in [0.25, 0.3) is 0 Å². The molecule has 0 aromatic carbocycles. The third kappa shape index (κ3) is 5.14. The van der Waals surface area contributed by atoms with Gasteiger partial charge in [0.15, 0.2) is 0 Å². The van der Waals surface area contributed by atoms with Crippen LogP contribution in [-0.2, 0) is 4.79 Å². The van der Waals surface area contributed by atoms with Gasteiger partial charge in [-0.3, -0.25) is 4.79 Å². The monoisotopic (exact) mass is 114 g/mol. The van der Waals surface area contributed by atoms with E-state index >= 15 is 0 Å². The van der Waals surface area contributed by atoms with E-state index in [-0.39, 0.29) is 5.91 Å². The number of nitrogens with zero attached hydrogens (tertiary/aromatic N) is 1. The van der Waals surface area contributed by atoms with E-state index in [1.165, 1.54) is 6.92 Å². The lowest BCUT2D eigenvalue weighted by atomic mass is 10.5. The van der Waals surface area contributed by atoms with Gasteiger partial charge in [0, 0.05) is 12.6 Å². The maximum Gasteiger partial charge on any atom is 0.236 e. The van der Waals surface area contributed by atoms with Crippen molar-refractivity contribution in [2.75, 3.05) is 0 Å². The van der Waals surface area contributed by atoms with E-state index in [2.05, 4.69) is 10.5 Å². The van der Waals surface area contributed by atoms with Crippen molar-refractivity contribution in [3.8, 4) is 0 Å². The van der Waals surface area contributed by atoms with Crippen LogP contribution in [0.4, 0.5) is 0 Å². The number of hydrazone groups is 1. The van der Waals surface area contributed by atoms with Gasteiger partial charge in [-0.15, -0.1) is 0 Å². The van der Waals surface area contributed by atoms with Crippen LogP contribution in [0.5, 0.6) is 0 Å². The predicted octanol–water partition coefficient (Wildman–Crippen LogP) is 0.518. The Morgan fingerprint density at radius 2 is 1.88 bits per heavy atom. The summed E-state index contributed by atoms with van der Waals surface area (Å²) in [5.74, 6) is -0.133. The van der Waals surface area contributed by atoms with Crippen molar-refractivity contribution in [2.24, 2.45) is 5.10 Å². The van der Waals surface area contributed by atoms with Gasteiger partial charge in [0.2, 0.25) is 5.91 Å². The summed E-state index contributed by atoms with van der Waals surface area (Å²) in [6, 6.07) is 0. The second-order valence-electron chi connectivity index (χ2n) is 1.73. The lowest BCUT2D eigenvalue weighted by Gasteiger charge is -1.90. The molecule has 1 amide bonds. The van der Waals surface area contributed by atoms with Gasteiger partial charge >= 0.3 is 0 Å². The van der Waals surface area contributed by atoms with Crippen molar-refractivity contribution >= 4 is 11.6 Å². The molecule has 0 aromatic heterocycles. The summed E-state index contributed by atoms with van der Waals surface area (Å²) in [6.45, 7) is 5.05. The van der Waals surface area contributed by atoms with Crippen LogP contribution in [0.3, 0.4) is 0 Å². The molecule has 0 aromatic rings. The van der Waals surface area contributed by atoms with Gasteiger partial charge < -0.3 is 0 Å². The standard InChI is InChI=1S/C5H10N2O/c1-4(2)6-7-5(3)8/h1-3H3,(H,7,8). The number of hydrogen-bond donors (Lipinski definition) is 1. The molecule has 3 nitrogen and oxygen atoms in total. The van der Waals surface area contributed by atoms with Crippen LogP contribution < -0.4 is 5.43 Å². The van der Waals surface area contributed by atoms with E-state index in [1.54, 1.807) is 0 Å². The molecule has 0 spiro atoms. The number of hydrogen-bond acceptors (Lipinski definition) is 2. The predicted molar refractivity (Wildman–Crippen MR) is 32.6 cm³/mol. The Hall–Kier alpha value is -0.860. The Morgan fingerprint density at radius 3 is 2.00 bits per heavy atom. The fourth-order valence-electron chi connectivity index (χ4n) is 0.191. The molecule has 1 N–H and O–H groups in total. The molecule has 0 heterocycles. The van der Waals surface area contributed by atoms with Crippen LogP contribution in [0.15, 0.2) is 5.10 Å². The highest BCUT2D eigenvalue weighted by atomic mass is 16.2. The van der Waals surface area contributed by atoms with Crippen molar-refractivity contribution in [2.45, 2.75) is 20.8 Å². The number of rotatable bonds is 1. The minimum atomic E-state index is -0.133. The highest BCUT2D eigenvalue weighted by Crippen LogP contribution is 1.68. The van der Waals surface area contributed by atoms with Crippen LogP contribution in [-0.4, -0.2) is 11.6 Å². The zero-order valence-electron chi connectivity index (χ0n) is 5.36. The topological polar surface area (TPSA) is 41.5 Å². The van der Waals surface area contributed by atoms with Crippen molar-refractivity contribution in [3.63, 3.8) is 0 Å². The Bertz CT molecular complexity index is 114. The van der Waals surface area contributed by atoms with Gasteiger partial charge in [0.05, 0.1) is 0 Å². The van der Waals surface area contributed by atoms with Crippen LogP contribution >= 0.6 is 0 Å². The smallest absolute Gasteiger partial charge is 0.236 e. The molecular formula is C5H10N2O. The normalized spacial score (nSPS) is 7.88. The molecule has 46 valence electrons. The van der Waals surface area contributed by atoms with Gasteiger partial charge in [-0.1, -0.05) is 0 Å². The van der Waals surface area contributed by atoms with E-state index < -0.39 is 0 Å². The summed E-state index contributed by atoms with van der Waals surface area (Å²) >= 11 is 0. The minimum absolute atomic E-state index is 0.133. The second-order valence-corrected chi connectivity index (χ2v) is 1.73. The lowest BCUT2D eigenvalue weighted by molar-refractivity contribution is -0.118. The maximum atomic E-state index is 10.1. The van der Waals surface area contributed by atoms with Gasteiger partial charge in [0.25, 0.3) is 0 Å². The fourth-order valence-corrected chi connectivity index (χ4v) is 0.191. The Balaban J connectivity index is 3.45. The molecular weight excluding hydrogens is 104 g/mol. The largest absolute Gasteiger partial charge is 0.274 e. The van der Waals surface area contributed by atoms with E-state index in [4.69, 9.17) is 0 Å². The Kier molecular flexibility index (Phi) is 2.84. The summed E-state index contributed by atoms with van der Waals surface area (Å²) in [5, 5.41) is 3.64. The molecule has 8 heavy (non-hydrogen) atoms. The van der Waals surface area contributed by atoms with Crippen molar-refractivity contribution in [3.05, 3.63) is 0 Å². The van der Waals surface area contributed by atoms with Gasteiger partial charge in [-0.05, 0) is 13.8 Å². The highest BCUT2D eigenvalue weighted by Gasteiger charge is 1.82. The minimum Gasteiger partial charge on any atom is -0.274 e. The third-order valence-corrected chi connectivity index (χ3v) is 0.437. The summed E-state index contributed by atoms with van der Waals surface area (Å²) in [5.41, 5.74) is 3.14. The summed E-state index contributed by atoms with van der Waals surface area (Å²) < 4.78 is 0. The van der Waals surface area contributed by atoms with Gasteiger partial charge in [-0.2, -0.15) is 5.10 Å². The van der Waals surface area contributed by atoms with Crippen molar-refractivity contribution < 1.29 is 4.79 Å². The number of carbonyl (C=O) groups excluding carboxylic acids is 1. The molecule has 0 radical (unpaired) electrons. The van der Waals surface area contributed by atoms with Crippen LogP contribution in [0.2, 0.25) is 0 Å². The Morgan fingerprint density at radius 1 is 1.38 bits per heavy atom. The molecule has 0 saturated heterocycles. The van der Waals surface area contributed by atoms with E-state index in [1.807, 2.05) is 13.8 Å². The maximum absolute atomic E-state index is 10.1. The summed E-state index contributed by atoms with van der Waals surface area (Å²) in [6.07, 6.45) is 0. The quantitative estimate of drug-likeness (QED) is 0.392. The van der Waals surface area contributed by atoms with Crippen molar-refractivity contribution in [1.29, 1.82) is 0 Å². The molecule has 0 aliphatic carbocycles. The SMILES string of the molecule is CC(=O)NN=C(C)C. The molecule has 0 aliphatic heterocycles. The first-order chi connectivity index (χ1) is 3.63. The molecule has 0 rings (SSSR count). The number of carbonyl (C=O) groups is 1. The molecule has 0 saturated carbocycles. The lowest BCUT2D eigenvalue weighted by Crippen LogP contribution is -2.13. The summed E-state index contributed by atoms with van der Waals surface area (Å²) in [7, 11) is 0. The number of amides is 1. The molecule has 0 atom stereocenters. The highest BCUT2D eigenvalue weighted by molar-refractivity contribution is 5.81. The molecule has 0 aliphatic rings. The van der Waals surface area contributed by atoms with E-state index in [0.717, 1.165) is 5.71 Å². The average Bonchev–Trinajstić information content (AvgIpc) is 1.61. The average molecular weight is 114 g/mol. The number of nitrogens with one attached hydrogen (secondary N) is 1. The van der Waals surface area contributed by atoms with Crippen LogP contribution in [0, 0.1) is 0 Å². The molecule has 3 heteroatoms.